The molecule has 0 aliphatic carbocycles. The van der Waals surface area contributed by atoms with E-state index in [0.717, 1.165) is 0 Å². The number of aliphatic hydroxyl groups is 1. The number of methoxy groups -OCH3 is 1. The highest BCUT2D eigenvalue weighted by atomic mass is 32.2. The van der Waals surface area contributed by atoms with E-state index >= 15 is 0 Å². The van der Waals surface area contributed by atoms with E-state index in [9.17, 15) is 13.5 Å². The number of aliphatic hydroxyl groups excluding tert-OH is 1. The normalized spacial score (nSPS) is 26.0. The van der Waals surface area contributed by atoms with Crippen molar-refractivity contribution >= 4 is 9.84 Å². The molecular formula is C14H20O6S. The molecule has 0 aromatic heterocycles. The van der Waals surface area contributed by atoms with Gasteiger partial charge in [0.1, 0.15) is 17.6 Å². The van der Waals surface area contributed by atoms with Gasteiger partial charge in [-0.1, -0.05) is 6.92 Å². The van der Waals surface area contributed by atoms with Crippen molar-refractivity contribution in [2.75, 3.05) is 31.8 Å². The zero-order valence-electron chi connectivity index (χ0n) is 12.1. The van der Waals surface area contributed by atoms with Crippen LogP contribution in [0.5, 0.6) is 5.75 Å². The highest BCUT2D eigenvalue weighted by Gasteiger charge is 2.46. The molecule has 1 aromatic rings. The van der Waals surface area contributed by atoms with Gasteiger partial charge in [-0.15, -0.1) is 0 Å². The van der Waals surface area contributed by atoms with Gasteiger partial charge < -0.3 is 19.3 Å². The average molecular weight is 316 g/mol. The van der Waals surface area contributed by atoms with Gasteiger partial charge in [0.2, 0.25) is 5.79 Å². The lowest BCUT2D eigenvalue weighted by Crippen LogP contribution is -2.37. The van der Waals surface area contributed by atoms with Gasteiger partial charge in [-0.2, -0.15) is 0 Å². The standard InChI is InChI=1S/C14H20O6S/c1-3-21(16,17)10-14(19-9-13(8-15)20-14)11-4-6-12(18-2)7-5-11/h4-7,13,15H,3,8-10H2,1-2H3/t13-,14-/m0/s1. The van der Waals surface area contributed by atoms with Crippen molar-refractivity contribution in [1.82, 2.24) is 0 Å². The maximum absolute atomic E-state index is 12.0. The van der Waals surface area contributed by atoms with Crippen LogP contribution in [0.2, 0.25) is 0 Å². The van der Waals surface area contributed by atoms with Crippen LogP contribution in [-0.4, -0.2) is 51.5 Å². The number of hydrogen-bond acceptors (Lipinski definition) is 6. The van der Waals surface area contributed by atoms with Gasteiger partial charge in [0.25, 0.3) is 0 Å². The average Bonchev–Trinajstić information content (AvgIpc) is 2.91. The Morgan fingerprint density at radius 1 is 1.38 bits per heavy atom. The van der Waals surface area contributed by atoms with Gasteiger partial charge >= 0.3 is 0 Å². The minimum absolute atomic E-state index is 0.00141. The highest BCUT2D eigenvalue weighted by molar-refractivity contribution is 7.91. The van der Waals surface area contributed by atoms with Crippen molar-refractivity contribution in [3.05, 3.63) is 29.8 Å². The molecule has 1 heterocycles. The number of benzene rings is 1. The molecule has 0 radical (unpaired) electrons. The van der Waals surface area contributed by atoms with Crippen LogP contribution in [0.15, 0.2) is 24.3 Å². The van der Waals surface area contributed by atoms with Crippen LogP contribution in [-0.2, 0) is 25.1 Å². The molecule has 6 nitrogen and oxygen atoms in total. The van der Waals surface area contributed by atoms with Gasteiger partial charge in [-0.05, 0) is 24.3 Å². The van der Waals surface area contributed by atoms with Crippen LogP contribution in [0.1, 0.15) is 12.5 Å². The molecule has 0 amide bonds. The third-order valence-corrected chi connectivity index (χ3v) is 5.14. The predicted molar refractivity (Wildman–Crippen MR) is 76.9 cm³/mol. The molecule has 1 aliphatic heterocycles. The Hall–Kier alpha value is -1.15. The molecule has 0 saturated carbocycles. The summed E-state index contributed by atoms with van der Waals surface area (Å²) in [5.41, 5.74) is 0.594. The molecule has 0 bridgehead atoms. The van der Waals surface area contributed by atoms with Crippen molar-refractivity contribution in [3.63, 3.8) is 0 Å². The SMILES string of the molecule is CCS(=O)(=O)C[C@]1(c2ccc(OC)cc2)OC[C@H](CO)O1. The summed E-state index contributed by atoms with van der Waals surface area (Å²) in [5, 5.41) is 9.21. The third kappa shape index (κ3) is 3.55. The molecule has 0 unspecified atom stereocenters. The number of sulfone groups is 1. The summed E-state index contributed by atoms with van der Waals surface area (Å²) < 4.78 is 40.4. The molecule has 1 saturated heterocycles. The van der Waals surface area contributed by atoms with E-state index in [-0.39, 0.29) is 24.7 Å². The zero-order valence-corrected chi connectivity index (χ0v) is 12.9. The zero-order chi connectivity index (χ0) is 15.5. The summed E-state index contributed by atoms with van der Waals surface area (Å²) in [5.74, 6) is -0.987. The van der Waals surface area contributed by atoms with E-state index in [4.69, 9.17) is 14.2 Å². The molecule has 21 heavy (non-hydrogen) atoms. The minimum atomic E-state index is -3.32. The van der Waals surface area contributed by atoms with E-state index < -0.39 is 21.7 Å². The van der Waals surface area contributed by atoms with E-state index in [0.29, 0.717) is 11.3 Å². The van der Waals surface area contributed by atoms with Crippen LogP contribution in [0.25, 0.3) is 0 Å². The lowest BCUT2D eigenvalue weighted by atomic mass is 10.1. The Morgan fingerprint density at radius 2 is 2.05 bits per heavy atom. The Balaban J connectivity index is 2.36. The summed E-state index contributed by atoms with van der Waals surface area (Å²) in [6.45, 7) is 1.52. The topological polar surface area (TPSA) is 82.1 Å². The first-order valence-corrected chi connectivity index (χ1v) is 8.54. The van der Waals surface area contributed by atoms with Crippen LogP contribution in [0.4, 0.5) is 0 Å². The molecule has 1 aromatic carbocycles. The Morgan fingerprint density at radius 3 is 2.52 bits per heavy atom. The van der Waals surface area contributed by atoms with Gasteiger partial charge in [0, 0.05) is 11.3 Å². The first kappa shape index (κ1) is 16.2. The molecule has 1 aliphatic rings. The van der Waals surface area contributed by atoms with Gasteiger partial charge in [0.15, 0.2) is 9.84 Å². The lowest BCUT2D eigenvalue weighted by Gasteiger charge is -2.28. The molecule has 2 rings (SSSR count). The molecule has 118 valence electrons. The predicted octanol–water partition coefficient (Wildman–Crippen LogP) is 0.690. The Bertz CT molecular complexity index is 568. The smallest absolute Gasteiger partial charge is 0.209 e. The summed E-state index contributed by atoms with van der Waals surface area (Å²) >= 11 is 0. The van der Waals surface area contributed by atoms with Gasteiger partial charge in [0.05, 0.1) is 20.3 Å². The van der Waals surface area contributed by atoms with Crippen molar-refractivity contribution in [2.45, 2.75) is 18.8 Å². The van der Waals surface area contributed by atoms with E-state index in [1.165, 1.54) is 0 Å². The van der Waals surface area contributed by atoms with E-state index in [2.05, 4.69) is 0 Å². The molecule has 0 spiro atoms. The quantitative estimate of drug-likeness (QED) is 0.831. The number of rotatable bonds is 6. The van der Waals surface area contributed by atoms with Crippen molar-refractivity contribution in [3.8, 4) is 5.75 Å². The molecular weight excluding hydrogens is 296 g/mol. The van der Waals surface area contributed by atoms with Crippen molar-refractivity contribution < 1.29 is 27.7 Å². The van der Waals surface area contributed by atoms with Crippen molar-refractivity contribution in [1.29, 1.82) is 0 Å². The summed E-state index contributed by atoms with van der Waals surface area (Å²) in [7, 11) is -1.77. The molecule has 1 N–H and O–H groups in total. The second-order valence-corrected chi connectivity index (χ2v) is 7.24. The fourth-order valence-corrected chi connectivity index (χ4v) is 3.30. The maximum Gasteiger partial charge on any atom is 0.209 e. The maximum atomic E-state index is 12.0. The summed E-state index contributed by atoms with van der Waals surface area (Å²) in [4.78, 5) is 0. The second kappa shape index (κ2) is 6.31. The van der Waals surface area contributed by atoms with E-state index in [1.807, 2.05) is 0 Å². The van der Waals surface area contributed by atoms with Gasteiger partial charge in [-0.25, -0.2) is 8.42 Å². The Labute approximate surface area is 124 Å². The van der Waals surface area contributed by atoms with Gasteiger partial charge in [-0.3, -0.25) is 0 Å². The third-order valence-electron chi connectivity index (χ3n) is 3.44. The highest BCUT2D eigenvalue weighted by Crippen LogP contribution is 2.36. The minimum Gasteiger partial charge on any atom is -0.497 e. The number of hydrogen-bond donors (Lipinski definition) is 1. The monoisotopic (exact) mass is 316 g/mol. The Kier molecular flexibility index (Phi) is 4.88. The lowest BCUT2D eigenvalue weighted by molar-refractivity contribution is -0.162. The molecule has 7 heteroatoms. The van der Waals surface area contributed by atoms with E-state index in [1.54, 1.807) is 38.3 Å². The van der Waals surface area contributed by atoms with Crippen LogP contribution in [0.3, 0.4) is 0 Å². The second-order valence-electron chi connectivity index (χ2n) is 4.89. The fourth-order valence-electron chi connectivity index (χ4n) is 2.20. The van der Waals surface area contributed by atoms with Crippen LogP contribution >= 0.6 is 0 Å². The fraction of sp³-hybridized carbons (Fsp3) is 0.571. The van der Waals surface area contributed by atoms with Crippen LogP contribution < -0.4 is 4.74 Å². The molecule has 2 atom stereocenters. The first-order valence-electron chi connectivity index (χ1n) is 6.72. The van der Waals surface area contributed by atoms with Crippen molar-refractivity contribution in [2.24, 2.45) is 0 Å². The number of ether oxygens (including phenoxy) is 3. The first-order chi connectivity index (χ1) is 9.94. The summed E-state index contributed by atoms with van der Waals surface area (Å²) in [6.07, 6.45) is -0.529. The largest absolute Gasteiger partial charge is 0.497 e. The summed E-state index contributed by atoms with van der Waals surface area (Å²) in [6, 6.07) is 6.86. The molecule has 1 fully saturated rings. The van der Waals surface area contributed by atoms with Crippen LogP contribution in [0, 0.1) is 0 Å².